The number of rotatable bonds is 2. The molecule has 0 aliphatic carbocycles. The normalized spacial score (nSPS) is 22.6. The van der Waals surface area contributed by atoms with Crippen molar-refractivity contribution >= 4 is 33.1 Å². The maximum absolute atomic E-state index is 12.5. The minimum atomic E-state index is -1.20. The number of likely N-dealkylation sites (tertiary alicyclic amines) is 1. The molecule has 1 amide bonds. The van der Waals surface area contributed by atoms with E-state index in [0.29, 0.717) is 29.0 Å². The number of hydrogen-bond donors (Lipinski definition) is 3. The lowest BCUT2D eigenvalue weighted by atomic mass is 10.1. The van der Waals surface area contributed by atoms with Crippen LogP contribution in [0.5, 0.6) is 0 Å². The highest BCUT2D eigenvalue weighted by molar-refractivity contribution is 7.21. The second kappa shape index (κ2) is 4.69. The monoisotopic (exact) mass is 293 g/mol. The number of nitrogens with two attached hydrogens (primary N) is 1. The topological polar surface area (TPSA) is 99.7 Å². The van der Waals surface area contributed by atoms with Crippen molar-refractivity contribution in [1.29, 1.82) is 0 Å². The van der Waals surface area contributed by atoms with E-state index >= 15 is 0 Å². The number of hydrogen-bond acceptors (Lipinski definition) is 6. The van der Waals surface area contributed by atoms with Gasteiger partial charge >= 0.3 is 0 Å². The molecule has 1 aliphatic rings. The number of nitrogen functional groups attached to an aromatic ring is 1. The Kier molecular flexibility index (Phi) is 3.12. The molecule has 2 aromatic rings. The van der Waals surface area contributed by atoms with Crippen LogP contribution < -0.4 is 5.73 Å². The van der Waals surface area contributed by atoms with Gasteiger partial charge in [-0.1, -0.05) is 0 Å². The molecule has 0 bridgehead atoms. The number of fused-ring (bicyclic) bond motifs is 1. The van der Waals surface area contributed by atoms with E-state index in [2.05, 4.69) is 4.98 Å². The zero-order valence-electron chi connectivity index (χ0n) is 10.7. The van der Waals surface area contributed by atoms with Crippen molar-refractivity contribution in [1.82, 2.24) is 9.88 Å². The quantitative estimate of drug-likeness (QED) is 0.746. The summed E-state index contributed by atoms with van der Waals surface area (Å²) in [7, 11) is 0. The molecule has 0 saturated carbocycles. The lowest BCUT2D eigenvalue weighted by molar-refractivity contribution is -0.00450. The van der Waals surface area contributed by atoms with Crippen molar-refractivity contribution in [3.05, 3.63) is 23.2 Å². The highest BCUT2D eigenvalue weighted by atomic mass is 32.1. The summed E-state index contributed by atoms with van der Waals surface area (Å²) in [6, 6.07) is 3.67. The Morgan fingerprint density at radius 1 is 1.60 bits per heavy atom. The van der Waals surface area contributed by atoms with Gasteiger partial charge in [0.05, 0.1) is 23.5 Å². The van der Waals surface area contributed by atoms with E-state index in [0.717, 1.165) is 4.70 Å². The fraction of sp³-hybridized carbons (Fsp3) is 0.385. The number of aliphatic hydroxyl groups excluding tert-OH is 1. The molecule has 106 valence electrons. The summed E-state index contributed by atoms with van der Waals surface area (Å²) in [5.41, 5.74) is 5.82. The summed E-state index contributed by atoms with van der Waals surface area (Å²) in [5, 5.41) is 19.1. The second-order valence-electron chi connectivity index (χ2n) is 5.05. The van der Waals surface area contributed by atoms with Gasteiger partial charge in [-0.05, 0) is 18.6 Å². The Labute approximate surface area is 119 Å². The van der Waals surface area contributed by atoms with Gasteiger partial charge in [0.25, 0.3) is 5.91 Å². The van der Waals surface area contributed by atoms with Gasteiger partial charge in [-0.25, -0.2) is 0 Å². The molecule has 1 aliphatic heterocycles. The van der Waals surface area contributed by atoms with Crippen LogP contribution in [0.25, 0.3) is 10.2 Å². The number of aromatic nitrogens is 1. The van der Waals surface area contributed by atoms with Crippen LogP contribution in [-0.4, -0.2) is 51.3 Å². The maximum atomic E-state index is 12.5. The van der Waals surface area contributed by atoms with Crippen molar-refractivity contribution in [2.24, 2.45) is 0 Å². The maximum Gasteiger partial charge on any atom is 0.266 e. The van der Waals surface area contributed by atoms with Crippen LogP contribution in [0.4, 0.5) is 5.69 Å². The third kappa shape index (κ3) is 2.04. The van der Waals surface area contributed by atoms with Crippen LogP contribution in [0.2, 0.25) is 0 Å². The third-order valence-corrected chi connectivity index (χ3v) is 4.74. The number of aliphatic hydroxyl groups is 2. The Morgan fingerprint density at radius 3 is 3.05 bits per heavy atom. The number of anilines is 1. The van der Waals surface area contributed by atoms with E-state index in [1.165, 1.54) is 16.2 Å². The molecule has 3 rings (SSSR count). The zero-order chi connectivity index (χ0) is 14.3. The van der Waals surface area contributed by atoms with Crippen molar-refractivity contribution in [2.75, 3.05) is 25.4 Å². The smallest absolute Gasteiger partial charge is 0.266 e. The van der Waals surface area contributed by atoms with E-state index in [4.69, 9.17) is 10.8 Å². The first-order chi connectivity index (χ1) is 9.54. The van der Waals surface area contributed by atoms with E-state index in [1.54, 1.807) is 12.3 Å². The average molecular weight is 293 g/mol. The van der Waals surface area contributed by atoms with E-state index < -0.39 is 5.60 Å². The zero-order valence-corrected chi connectivity index (χ0v) is 11.6. The number of amides is 1. The molecule has 4 N–H and O–H groups in total. The highest BCUT2D eigenvalue weighted by Gasteiger charge is 2.38. The molecule has 6 nitrogen and oxygen atoms in total. The Bertz CT molecular complexity index is 672. The minimum absolute atomic E-state index is 0.128. The van der Waals surface area contributed by atoms with Crippen molar-refractivity contribution in [2.45, 2.75) is 12.0 Å². The molecule has 0 aromatic carbocycles. The minimum Gasteiger partial charge on any atom is -0.396 e. The molecule has 7 heteroatoms. The molecule has 0 radical (unpaired) electrons. The summed E-state index contributed by atoms with van der Waals surface area (Å²) in [4.78, 5) is 18.6. The van der Waals surface area contributed by atoms with E-state index in [-0.39, 0.29) is 19.1 Å². The first-order valence-electron chi connectivity index (χ1n) is 6.29. The lowest BCUT2D eigenvalue weighted by Crippen LogP contribution is -2.38. The Hall–Kier alpha value is -1.70. The summed E-state index contributed by atoms with van der Waals surface area (Å²) >= 11 is 1.30. The van der Waals surface area contributed by atoms with Crippen molar-refractivity contribution in [3.8, 4) is 0 Å². The molecule has 3 heterocycles. The van der Waals surface area contributed by atoms with Gasteiger partial charge in [-0.15, -0.1) is 11.3 Å². The molecular weight excluding hydrogens is 278 g/mol. The molecule has 1 saturated heterocycles. The van der Waals surface area contributed by atoms with Gasteiger partial charge < -0.3 is 20.8 Å². The predicted octanol–water partition coefficient (Wildman–Crippen LogP) is 0.448. The van der Waals surface area contributed by atoms with Gasteiger partial charge in [0.1, 0.15) is 16.0 Å². The molecular formula is C13H15N3O3S. The predicted molar refractivity (Wildman–Crippen MR) is 76.6 cm³/mol. The van der Waals surface area contributed by atoms with Gasteiger partial charge in [-0.3, -0.25) is 9.78 Å². The first kappa shape index (κ1) is 13.3. The van der Waals surface area contributed by atoms with Crippen LogP contribution in [0.3, 0.4) is 0 Å². The lowest BCUT2D eigenvalue weighted by Gasteiger charge is -2.20. The molecule has 1 unspecified atom stereocenters. The van der Waals surface area contributed by atoms with Gasteiger partial charge in [0.2, 0.25) is 0 Å². The SMILES string of the molecule is Nc1c(C(=O)N2CCC(O)(CO)C2)sc2cccnc12. The van der Waals surface area contributed by atoms with E-state index in [9.17, 15) is 9.90 Å². The Morgan fingerprint density at radius 2 is 2.40 bits per heavy atom. The first-order valence-corrected chi connectivity index (χ1v) is 7.11. The van der Waals surface area contributed by atoms with Crippen molar-refractivity contribution in [3.63, 3.8) is 0 Å². The standard InChI is InChI=1S/C13H15N3O3S/c14-9-10-8(2-1-4-15-10)20-11(9)12(18)16-5-3-13(19,6-16)7-17/h1-2,4,17,19H,3,5-7,14H2. The molecule has 1 atom stereocenters. The van der Waals surface area contributed by atoms with Crippen LogP contribution in [0.15, 0.2) is 18.3 Å². The van der Waals surface area contributed by atoms with Gasteiger partial charge in [-0.2, -0.15) is 0 Å². The highest BCUT2D eigenvalue weighted by Crippen LogP contribution is 2.34. The largest absolute Gasteiger partial charge is 0.396 e. The fourth-order valence-electron chi connectivity index (χ4n) is 2.41. The second-order valence-corrected chi connectivity index (χ2v) is 6.11. The molecule has 2 aromatic heterocycles. The third-order valence-electron chi connectivity index (χ3n) is 3.59. The Balaban J connectivity index is 1.92. The molecule has 1 fully saturated rings. The number of nitrogens with zero attached hydrogens (tertiary/aromatic N) is 2. The number of carbonyl (C=O) groups excluding carboxylic acids is 1. The van der Waals surface area contributed by atoms with Crippen molar-refractivity contribution < 1.29 is 15.0 Å². The van der Waals surface area contributed by atoms with Gasteiger partial charge in [0.15, 0.2) is 0 Å². The summed E-state index contributed by atoms with van der Waals surface area (Å²) in [6.45, 7) is 0.195. The number of carbonyl (C=O) groups is 1. The van der Waals surface area contributed by atoms with E-state index in [1.807, 2.05) is 6.07 Å². The summed E-state index contributed by atoms with van der Waals surface area (Å²) in [5.74, 6) is -0.213. The summed E-state index contributed by atoms with van der Waals surface area (Å²) in [6.07, 6.45) is 2.01. The summed E-state index contributed by atoms with van der Waals surface area (Å²) < 4.78 is 0.866. The molecule has 20 heavy (non-hydrogen) atoms. The number of pyridine rings is 1. The number of β-amino-alcohol motifs (C(OH)–C–C–N with tert-alkyl or cyclic N) is 1. The fourth-order valence-corrected chi connectivity index (χ4v) is 3.46. The average Bonchev–Trinajstić information content (AvgIpc) is 3.01. The van der Waals surface area contributed by atoms with Crippen LogP contribution >= 0.6 is 11.3 Å². The number of thiophene rings is 1. The van der Waals surface area contributed by atoms with Gasteiger partial charge in [0, 0.05) is 12.7 Å². The van der Waals surface area contributed by atoms with Crippen LogP contribution in [0.1, 0.15) is 16.1 Å². The van der Waals surface area contributed by atoms with Crippen LogP contribution in [-0.2, 0) is 0 Å². The van der Waals surface area contributed by atoms with Crippen LogP contribution in [0, 0.1) is 0 Å². The molecule has 0 spiro atoms.